The first-order valence-corrected chi connectivity index (χ1v) is 8.29. The summed E-state index contributed by atoms with van der Waals surface area (Å²) < 4.78 is 1.93. The zero-order valence-electron chi connectivity index (χ0n) is 13.9. The third kappa shape index (κ3) is 2.60. The Labute approximate surface area is 141 Å². The van der Waals surface area contributed by atoms with Crippen LogP contribution in [0.3, 0.4) is 0 Å². The van der Waals surface area contributed by atoms with Crippen molar-refractivity contribution < 1.29 is 0 Å². The van der Waals surface area contributed by atoms with E-state index in [1.807, 2.05) is 4.68 Å². The van der Waals surface area contributed by atoms with Crippen LogP contribution in [0.1, 0.15) is 35.2 Å². The molecule has 3 aromatic rings. The van der Waals surface area contributed by atoms with Crippen LogP contribution in [0.4, 0.5) is 5.95 Å². The maximum absolute atomic E-state index is 4.40. The SMILES string of the molecule is CCc1ccc([C@@H]2C=C(c3ccc(C)cc3)Nc3ncnn32)cc1. The lowest BCUT2D eigenvalue weighted by Crippen LogP contribution is -2.20. The number of rotatable bonds is 3. The van der Waals surface area contributed by atoms with Gasteiger partial charge >= 0.3 is 0 Å². The van der Waals surface area contributed by atoms with Crippen LogP contribution in [0.2, 0.25) is 0 Å². The molecule has 24 heavy (non-hydrogen) atoms. The minimum atomic E-state index is 0.0472. The van der Waals surface area contributed by atoms with Crippen LogP contribution >= 0.6 is 0 Å². The molecule has 2 aromatic carbocycles. The molecule has 0 fully saturated rings. The van der Waals surface area contributed by atoms with Crippen molar-refractivity contribution in [2.45, 2.75) is 26.3 Å². The standard InChI is InChI=1S/C20H20N4/c1-3-15-6-10-17(11-7-15)19-12-18(16-8-4-14(2)5-9-16)23-20-21-13-22-24(19)20/h4-13,19H,3H2,1-2H3,(H,21,22,23)/t19-/m0/s1. The summed E-state index contributed by atoms with van der Waals surface area (Å²) in [4.78, 5) is 4.36. The second-order valence-corrected chi connectivity index (χ2v) is 6.14. The van der Waals surface area contributed by atoms with E-state index in [2.05, 4.69) is 83.9 Å². The van der Waals surface area contributed by atoms with Gasteiger partial charge in [-0.2, -0.15) is 10.1 Å². The third-order valence-electron chi connectivity index (χ3n) is 4.50. The van der Waals surface area contributed by atoms with E-state index >= 15 is 0 Å². The summed E-state index contributed by atoms with van der Waals surface area (Å²) in [6.45, 7) is 4.27. The maximum atomic E-state index is 4.40. The van der Waals surface area contributed by atoms with Crippen molar-refractivity contribution in [1.82, 2.24) is 14.8 Å². The number of aromatic nitrogens is 3. The average Bonchev–Trinajstić information content (AvgIpc) is 3.10. The molecule has 4 nitrogen and oxygen atoms in total. The summed E-state index contributed by atoms with van der Waals surface area (Å²) in [6.07, 6.45) is 4.86. The Bertz CT molecular complexity index is 873. The van der Waals surface area contributed by atoms with Gasteiger partial charge in [0.05, 0.1) is 0 Å². The average molecular weight is 316 g/mol. The molecule has 1 atom stereocenters. The Morgan fingerprint density at radius 1 is 1.04 bits per heavy atom. The molecule has 0 unspecified atom stereocenters. The van der Waals surface area contributed by atoms with Gasteiger partial charge in [0.2, 0.25) is 5.95 Å². The molecule has 0 spiro atoms. The minimum absolute atomic E-state index is 0.0472. The smallest absolute Gasteiger partial charge is 0.226 e. The maximum Gasteiger partial charge on any atom is 0.226 e. The predicted octanol–water partition coefficient (Wildman–Crippen LogP) is 4.20. The molecule has 0 bridgehead atoms. The summed E-state index contributed by atoms with van der Waals surface area (Å²) in [5.41, 5.74) is 6.04. The van der Waals surface area contributed by atoms with Gasteiger partial charge in [0, 0.05) is 5.70 Å². The van der Waals surface area contributed by atoms with Gasteiger partial charge in [-0.3, -0.25) is 0 Å². The van der Waals surface area contributed by atoms with Crippen LogP contribution in [-0.4, -0.2) is 14.8 Å². The van der Waals surface area contributed by atoms with Crippen molar-refractivity contribution in [1.29, 1.82) is 0 Å². The van der Waals surface area contributed by atoms with Crippen molar-refractivity contribution in [2.24, 2.45) is 0 Å². The summed E-state index contributed by atoms with van der Waals surface area (Å²) >= 11 is 0. The van der Waals surface area contributed by atoms with Gasteiger partial charge < -0.3 is 5.32 Å². The van der Waals surface area contributed by atoms with Crippen LogP contribution in [0.5, 0.6) is 0 Å². The number of anilines is 1. The highest BCUT2D eigenvalue weighted by Crippen LogP contribution is 2.32. The van der Waals surface area contributed by atoms with Gasteiger partial charge in [-0.25, -0.2) is 4.68 Å². The molecule has 120 valence electrons. The summed E-state index contributed by atoms with van der Waals surface area (Å²) in [6, 6.07) is 17.3. The molecule has 2 heterocycles. The fourth-order valence-electron chi connectivity index (χ4n) is 3.02. The van der Waals surface area contributed by atoms with Gasteiger partial charge in [0.25, 0.3) is 0 Å². The lowest BCUT2D eigenvalue weighted by molar-refractivity contribution is 0.611. The van der Waals surface area contributed by atoms with Crippen LogP contribution in [0, 0.1) is 6.92 Å². The number of allylic oxidation sites excluding steroid dienone is 1. The van der Waals surface area contributed by atoms with Crippen molar-refractivity contribution in [2.75, 3.05) is 5.32 Å². The molecule has 1 N–H and O–H groups in total. The Morgan fingerprint density at radius 3 is 2.50 bits per heavy atom. The lowest BCUT2D eigenvalue weighted by Gasteiger charge is -2.24. The molecule has 4 rings (SSSR count). The fourth-order valence-corrected chi connectivity index (χ4v) is 3.02. The number of benzene rings is 2. The number of hydrogen-bond acceptors (Lipinski definition) is 3. The quantitative estimate of drug-likeness (QED) is 0.787. The Kier molecular flexibility index (Phi) is 3.65. The van der Waals surface area contributed by atoms with E-state index in [0.717, 1.165) is 23.6 Å². The number of hydrogen-bond donors (Lipinski definition) is 1. The normalized spacial score (nSPS) is 16.2. The molecular formula is C20H20N4. The Hall–Kier alpha value is -2.88. The molecule has 0 amide bonds. The largest absolute Gasteiger partial charge is 0.324 e. The first kappa shape index (κ1) is 14.7. The van der Waals surface area contributed by atoms with E-state index in [1.165, 1.54) is 16.7 Å². The Balaban J connectivity index is 1.77. The van der Waals surface area contributed by atoms with E-state index in [4.69, 9.17) is 0 Å². The third-order valence-corrected chi connectivity index (χ3v) is 4.50. The monoisotopic (exact) mass is 316 g/mol. The van der Waals surface area contributed by atoms with Crippen LogP contribution in [0.25, 0.3) is 5.70 Å². The molecule has 0 aliphatic carbocycles. The summed E-state index contributed by atoms with van der Waals surface area (Å²) in [7, 11) is 0. The van der Waals surface area contributed by atoms with Crippen LogP contribution < -0.4 is 5.32 Å². The zero-order valence-corrected chi connectivity index (χ0v) is 13.9. The molecule has 1 aliphatic heterocycles. The predicted molar refractivity (Wildman–Crippen MR) is 96.8 cm³/mol. The molecular weight excluding hydrogens is 296 g/mol. The van der Waals surface area contributed by atoms with Gasteiger partial charge in [-0.1, -0.05) is 61.0 Å². The van der Waals surface area contributed by atoms with E-state index in [1.54, 1.807) is 6.33 Å². The summed E-state index contributed by atoms with van der Waals surface area (Å²) in [5.74, 6) is 0.776. The molecule has 0 saturated carbocycles. The van der Waals surface area contributed by atoms with Crippen molar-refractivity contribution in [3.8, 4) is 0 Å². The molecule has 4 heteroatoms. The number of aryl methyl sites for hydroxylation is 2. The molecule has 0 saturated heterocycles. The number of nitrogens with one attached hydrogen (secondary N) is 1. The van der Waals surface area contributed by atoms with E-state index in [9.17, 15) is 0 Å². The van der Waals surface area contributed by atoms with Crippen LogP contribution in [-0.2, 0) is 6.42 Å². The zero-order chi connectivity index (χ0) is 16.5. The lowest BCUT2D eigenvalue weighted by atomic mass is 10.00. The highest BCUT2D eigenvalue weighted by atomic mass is 15.4. The molecule has 0 radical (unpaired) electrons. The second-order valence-electron chi connectivity index (χ2n) is 6.14. The highest BCUT2D eigenvalue weighted by Gasteiger charge is 2.23. The number of nitrogens with zero attached hydrogens (tertiary/aromatic N) is 3. The Morgan fingerprint density at radius 2 is 1.79 bits per heavy atom. The highest BCUT2D eigenvalue weighted by molar-refractivity contribution is 5.77. The summed E-state index contributed by atoms with van der Waals surface area (Å²) in [5, 5.41) is 7.78. The van der Waals surface area contributed by atoms with Gasteiger partial charge in [0.1, 0.15) is 12.4 Å². The molecule has 1 aromatic heterocycles. The van der Waals surface area contributed by atoms with Gasteiger partial charge in [0.15, 0.2) is 0 Å². The van der Waals surface area contributed by atoms with Crippen molar-refractivity contribution in [3.63, 3.8) is 0 Å². The van der Waals surface area contributed by atoms with Crippen molar-refractivity contribution in [3.05, 3.63) is 83.2 Å². The first-order valence-electron chi connectivity index (χ1n) is 8.29. The van der Waals surface area contributed by atoms with E-state index in [-0.39, 0.29) is 6.04 Å². The van der Waals surface area contributed by atoms with Crippen LogP contribution in [0.15, 0.2) is 60.9 Å². The van der Waals surface area contributed by atoms with Gasteiger partial charge in [-0.05, 0) is 36.1 Å². The fraction of sp³-hybridized carbons (Fsp3) is 0.200. The second kappa shape index (κ2) is 5.96. The topological polar surface area (TPSA) is 42.7 Å². The minimum Gasteiger partial charge on any atom is -0.324 e. The van der Waals surface area contributed by atoms with Gasteiger partial charge in [-0.15, -0.1) is 0 Å². The van der Waals surface area contributed by atoms with Crippen molar-refractivity contribution >= 4 is 11.6 Å². The van der Waals surface area contributed by atoms with E-state index in [0.29, 0.717) is 0 Å². The first-order chi connectivity index (χ1) is 11.7. The van der Waals surface area contributed by atoms with E-state index < -0.39 is 0 Å². The molecule has 1 aliphatic rings. The number of fused-ring (bicyclic) bond motifs is 1.